The Morgan fingerprint density at radius 1 is 0.933 bits per heavy atom. The predicted molar refractivity (Wildman–Crippen MR) is 112 cm³/mol. The Kier molecular flexibility index (Phi) is 6.34. The average Bonchev–Trinajstić information content (AvgIpc) is 3.28. The van der Waals surface area contributed by atoms with Crippen LogP contribution < -0.4 is 10.6 Å². The van der Waals surface area contributed by atoms with Crippen LogP contribution >= 0.6 is 0 Å². The van der Waals surface area contributed by atoms with Gasteiger partial charge in [0.15, 0.2) is 5.76 Å². The summed E-state index contributed by atoms with van der Waals surface area (Å²) in [5, 5.41) is 5.49. The standard InChI is InChI=1S/C21H21N3O5S/c1-24(2)30(27,28)18-11-7-16(8-12-18)20(25)22-14-15-5-9-17(10-6-15)23-21(26)19-4-3-13-29-19/h3-13H,14H2,1-2H3,(H,22,25)(H,23,26). The molecule has 0 aliphatic carbocycles. The Hall–Kier alpha value is -3.43. The van der Waals surface area contributed by atoms with Gasteiger partial charge in [0.25, 0.3) is 11.8 Å². The van der Waals surface area contributed by atoms with Gasteiger partial charge in [-0.15, -0.1) is 0 Å². The molecule has 0 aliphatic rings. The largest absolute Gasteiger partial charge is 0.459 e. The molecule has 0 saturated heterocycles. The number of nitrogens with zero attached hydrogens (tertiary/aromatic N) is 1. The lowest BCUT2D eigenvalue weighted by Crippen LogP contribution is -2.24. The summed E-state index contributed by atoms with van der Waals surface area (Å²) in [5.41, 5.74) is 1.80. The van der Waals surface area contributed by atoms with E-state index in [-0.39, 0.29) is 29.0 Å². The number of furan rings is 1. The number of nitrogens with one attached hydrogen (secondary N) is 2. The molecule has 2 aromatic carbocycles. The van der Waals surface area contributed by atoms with Crippen LogP contribution in [-0.4, -0.2) is 38.6 Å². The fourth-order valence-corrected chi connectivity index (χ4v) is 3.48. The average molecular weight is 427 g/mol. The Bertz CT molecular complexity index is 1120. The van der Waals surface area contributed by atoms with Crippen LogP contribution in [0.15, 0.2) is 76.2 Å². The van der Waals surface area contributed by atoms with Crippen molar-refractivity contribution in [3.63, 3.8) is 0 Å². The molecule has 0 unspecified atom stereocenters. The quantitative estimate of drug-likeness (QED) is 0.603. The molecule has 30 heavy (non-hydrogen) atoms. The van der Waals surface area contributed by atoms with Gasteiger partial charge in [-0.2, -0.15) is 0 Å². The van der Waals surface area contributed by atoms with Crippen LogP contribution in [-0.2, 0) is 16.6 Å². The summed E-state index contributed by atoms with van der Waals surface area (Å²) < 4.78 is 30.3. The molecule has 1 heterocycles. The molecule has 0 radical (unpaired) electrons. The maximum atomic E-state index is 12.3. The molecule has 0 spiro atoms. The predicted octanol–water partition coefficient (Wildman–Crippen LogP) is 2.71. The molecule has 3 aromatic rings. The van der Waals surface area contributed by atoms with E-state index in [2.05, 4.69) is 10.6 Å². The first-order chi connectivity index (χ1) is 14.3. The van der Waals surface area contributed by atoms with Crippen LogP contribution in [0.2, 0.25) is 0 Å². The van der Waals surface area contributed by atoms with Gasteiger partial charge >= 0.3 is 0 Å². The highest BCUT2D eigenvalue weighted by Gasteiger charge is 2.17. The number of carbonyl (C=O) groups is 2. The third-order valence-electron chi connectivity index (χ3n) is 4.30. The van der Waals surface area contributed by atoms with Gasteiger partial charge in [-0.05, 0) is 54.1 Å². The van der Waals surface area contributed by atoms with Crippen LogP contribution in [0.1, 0.15) is 26.5 Å². The van der Waals surface area contributed by atoms with E-state index in [0.717, 1.165) is 9.87 Å². The SMILES string of the molecule is CN(C)S(=O)(=O)c1ccc(C(=O)NCc2ccc(NC(=O)c3ccco3)cc2)cc1. The highest BCUT2D eigenvalue weighted by atomic mass is 32.2. The summed E-state index contributed by atoms with van der Waals surface area (Å²) in [6, 6.07) is 16.0. The molecule has 0 atom stereocenters. The molecule has 2 N–H and O–H groups in total. The van der Waals surface area contributed by atoms with Crippen molar-refractivity contribution in [3.05, 3.63) is 83.8 Å². The van der Waals surface area contributed by atoms with E-state index >= 15 is 0 Å². The van der Waals surface area contributed by atoms with Gasteiger partial charge in [-0.3, -0.25) is 9.59 Å². The molecule has 0 fully saturated rings. The van der Waals surface area contributed by atoms with Gasteiger partial charge < -0.3 is 15.1 Å². The van der Waals surface area contributed by atoms with E-state index in [0.29, 0.717) is 11.3 Å². The third-order valence-corrected chi connectivity index (χ3v) is 6.13. The molecule has 2 amide bonds. The van der Waals surface area contributed by atoms with Crippen LogP contribution in [0, 0.1) is 0 Å². The smallest absolute Gasteiger partial charge is 0.291 e. The van der Waals surface area contributed by atoms with Crippen molar-refractivity contribution in [1.29, 1.82) is 0 Å². The van der Waals surface area contributed by atoms with E-state index in [1.807, 2.05) is 0 Å². The summed E-state index contributed by atoms with van der Waals surface area (Å²) in [6.07, 6.45) is 1.43. The van der Waals surface area contributed by atoms with E-state index < -0.39 is 10.0 Å². The highest BCUT2D eigenvalue weighted by Crippen LogP contribution is 2.15. The number of benzene rings is 2. The Morgan fingerprint density at radius 2 is 1.60 bits per heavy atom. The Labute approximate surface area is 174 Å². The molecular weight excluding hydrogens is 406 g/mol. The van der Waals surface area contributed by atoms with Gasteiger partial charge in [0.1, 0.15) is 0 Å². The van der Waals surface area contributed by atoms with Gasteiger partial charge in [0.05, 0.1) is 11.2 Å². The molecule has 0 bridgehead atoms. The molecule has 3 rings (SSSR count). The third kappa shape index (κ3) is 4.94. The maximum absolute atomic E-state index is 12.3. The summed E-state index contributed by atoms with van der Waals surface area (Å²) in [5.74, 6) is -0.449. The number of amides is 2. The van der Waals surface area contributed by atoms with E-state index in [9.17, 15) is 18.0 Å². The van der Waals surface area contributed by atoms with Crippen LogP contribution in [0.4, 0.5) is 5.69 Å². The normalized spacial score (nSPS) is 11.3. The van der Waals surface area contributed by atoms with Crippen LogP contribution in [0.3, 0.4) is 0 Å². The molecule has 1 aromatic heterocycles. The molecule has 0 saturated carbocycles. The number of hydrogen-bond donors (Lipinski definition) is 2. The molecule has 156 valence electrons. The zero-order valence-electron chi connectivity index (χ0n) is 16.5. The van der Waals surface area contributed by atoms with Gasteiger partial charge in [0.2, 0.25) is 10.0 Å². The monoisotopic (exact) mass is 427 g/mol. The number of sulfonamides is 1. The minimum Gasteiger partial charge on any atom is -0.459 e. The lowest BCUT2D eigenvalue weighted by Gasteiger charge is -2.12. The van der Waals surface area contributed by atoms with Crippen LogP contribution in [0.25, 0.3) is 0 Å². The topological polar surface area (TPSA) is 109 Å². The number of rotatable bonds is 7. The second kappa shape index (κ2) is 8.93. The lowest BCUT2D eigenvalue weighted by atomic mass is 10.2. The van der Waals surface area contributed by atoms with Crippen molar-refractivity contribution in [2.45, 2.75) is 11.4 Å². The summed E-state index contributed by atoms with van der Waals surface area (Å²) in [7, 11) is -0.640. The first-order valence-electron chi connectivity index (χ1n) is 9.02. The van der Waals surface area contributed by atoms with Crippen LogP contribution in [0.5, 0.6) is 0 Å². The minimum atomic E-state index is -3.54. The van der Waals surface area contributed by atoms with Gasteiger partial charge in [-0.25, -0.2) is 12.7 Å². The maximum Gasteiger partial charge on any atom is 0.291 e. The van der Waals surface area contributed by atoms with Crippen molar-refractivity contribution in [3.8, 4) is 0 Å². The van der Waals surface area contributed by atoms with Crippen molar-refractivity contribution in [2.24, 2.45) is 0 Å². The molecular formula is C21H21N3O5S. The van der Waals surface area contributed by atoms with E-state index in [1.165, 1.54) is 44.6 Å². The van der Waals surface area contributed by atoms with Gasteiger partial charge in [0, 0.05) is 31.9 Å². The van der Waals surface area contributed by atoms with Gasteiger partial charge in [-0.1, -0.05) is 12.1 Å². The molecule has 8 nitrogen and oxygen atoms in total. The number of carbonyl (C=O) groups excluding carboxylic acids is 2. The van der Waals surface area contributed by atoms with E-state index in [4.69, 9.17) is 4.42 Å². The first-order valence-corrected chi connectivity index (χ1v) is 10.5. The fraction of sp³-hybridized carbons (Fsp3) is 0.143. The molecule has 0 aliphatic heterocycles. The molecule has 9 heteroatoms. The van der Waals surface area contributed by atoms with E-state index in [1.54, 1.807) is 36.4 Å². The van der Waals surface area contributed by atoms with Crippen molar-refractivity contribution in [2.75, 3.05) is 19.4 Å². The fourth-order valence-electron chi connectivity index (χ4n) is 2.58. The highest BCUT2D eigenvalue weighted by molar-refractivity contribution is 7.89. The zero-order valence-corrected chi connectivity index (χ0v) is 17.3. The Balaban J connectivity index is 1.56. The first kappa shape index (κ1) is 21.3. The second-order valence-electron chi connectivity index (χ2n) is 6.62. The second-order valence-corrected chi connectivity index (χ2v) is 8.77. The summed E-state index contributed by atoms with van der Waals surface area (Å²) in [6.45, 7) is 0.281. The number of anilines is 1. The van der Waals surface area contributed by atoms with Crippen molar-refractivity contribution >= 4 is 27.5 Å². The minimum absolute atomic E-state index is 0.122. The number of hydrogen-bond acceptors (Lipinski definition) is 5. The summed E-state index contributed by atoms with van der Waals surface area (Å²) >= 11 is 0. The Morgan fingerprint density at radius 3 is 2.17 bits per heavy atom. The van der Waals surface area contributed by atoms with Crippen molar-refractivity contribution < 1.29 is 22.4 Å². The zero-order chi connectivity index (χ0) is 21.7. The lowest BCUT2D eigenvalue weighted by molar-refractivity contribution is 0.0949. The summed E-state index contributed by atoms with van der Waals surface area (Å²) in [4.78, 5) is 24.4. The van der Waals surface area contributed by atoms with Crippen molar-refractivity contribution in [1.82, 2.24) is 9.62 Å².